The second kappa shape index (κ2) is 7.11. The van der Waals surface area contributed by atoms with Gasteiger partial charge < -0.3 is 0 Å². The highest BCUT2D eigenvalue weighted by molar-refractivity contribution is 9.13. The topological polar surface area (TPSA) is 0 Å². The van der Waals surface area contributed by atoms with Crippen molar-refractivity contribution in [3.8, 4) is 0 Å². The highest BCUT2D eigenvalue weighted by atomic mass is 33.4. The van der Waals surface area contributed by atoms with Gasteiger partial charge in [-0.05, 0) is 24.2 Å². The zero-order valence-electron chi connectivity index (χ0n) is 8.59. The quantitative estimate of drug-likeness (QED) is 0.544. The lowest BCUT2D eigenvalue weighted by Gasteiger charge is -2.06. The van der Waals surface area contributed by atoms with Crippen molar-refractivity contribution in [3.63, 3.8) is 0 Å². The van der Waals surface area contributed by atoms with E-state index in [1.807, 2.05) is 0 Å². The lowest BCUT2D eigenvalue weighted by molar-refractivity contribution is 0.936. The normalized spacial score (nSPS) is 17.1. The Morgan fingerprint density at radius 3 is 2.60 bits per heavy atom. The summed E-state index contributed by atoms with van der Waals surface area (Å²) in [5.74, 6) is 4.09. The molecule has 4 heteroatoms. The number of rotatable bonds is 5. The van der Waals surface area contributed by atoms with E-state index in [-0.39, 0.29) is 5.53 Å². The molecule has 1 aliphatic rings. The second-order valence-electron chi connectivity index (χ2n) is 3.31. The predicted octanol–water partition coefficient (Wildman–Crippen LogP) is 5.06. The molecule has 1 saturated heterocycles. The molecule has 0 atom stereocenters. The van der Waals surface area contributed by atoms with E-state index in [1.165, 1.54) is 35.7 Å². The minimum Gasteiger partial charge on any atom is -0.112 e. The fourth-order valence-corrected chi connectivity index (χ4v) is 12.7. The third kappa shape index (κ3) is 4.60. The van der Waals surface area contributed by atoms with Crippen LogP contribution in [0.3, 0.4) is 0 Å². The van der Waals surface area contributed by atoms with Crippen LogP contribution < -0.4 is 0 Å². The predicted molar refractivity (Wildman–Crippen MR) is 79.1 cm³/mol. The third-order valence-corrected chi connectivity index (χ3v) is 13.5. The molecule has 1 heterocycles. The first-order valence-corrected chi connectivity index (χ1v) is 11.3. The zero-order chi connectivity index (χ0) is 10.3. The summed E-state index contributed by atoms with van der Waals surface area (Å²) in [7, 11) is 0. The number of aryl methyl sites for hydroxylation is 1. The SMILES string of the molecule is c1ccc(CCCSP2SCCS2)cc1. The molecule has 0 aliphatic carbocycles. The summed E-state index contributed by atoms with van der Waals surface area (Å²) in [6, 6.07) is 10.8. The molecule has 0 unspecified atom stereocenters. The van der Waals surface area contributed by atoms with Crippen LogP contribution in [0.2, 0.25) is 0 Å². The van der Waals surface area contributed by atoms with Gasteiger partial charge in [-0.3, -0.25) is 0 Å². The summed E-state index contributed by atoms with van der Waals surface area (Å²) >= 11 is 6.55. The monoisotopic (exact) mass is 274 g/mol. The third-order valence-electron chi connectivity index (χ3n) is 2.13. The van der Waals surface area contributed by atoms with Crippen LogP contribution in [0, 0.1) is 0 Å². The Morgan fingerprint density at radius 2 is 1.87 bits per heavy atom. The van der Waals surface area contributed by atoms with E-state index < -0.39 is 0 Å². The van der Waals surface area contributed by atoms with Crippen molar-refractivity contribution in [1.29, 1.82) is 0 Å². The second-order valence-corrected chi connectivity index (χ2v) is 13.4. The maximum absolute atomic E-state index is 2.23. The lowest BCUT2D eigenvalue weighted by atomic mass is 10.1. The van der Waals surface area contributed by atoms with Gasteiger partial charge in [0.25, 0.3) is 0 Å². The van der Waals surface area contributed by atoms with E-state index in [1.54, 1.807) is 0 Å². The van der Waals surface area contributed by atoms with E-state index in [0.717, 1.165) is 0 Å². The van der Waals surface area contributed by atoms with Crippen LogP contribution in [0.25, 0.3) is 0 Å². The van der Waals surface area contributed by atoms with Crippen molar-refractivity contribution in [3.05, 3.63) is 35.9 Å². The van der Waals surface area contributed by atoms with Crippen molar-refractivity contribution < 1.29 is 0 Å². The van der Waals surface area contributed by atoms with Crippen molar-refractivity contribution in [1.82, 2.24) is 0 Å². The van der Waals surface area contributed by atoms with Gasteiger partial charge in [-0.15, -0.1) is 34.1 Å². The van der Waals surface area contributed by atoms with Crippen LogP contribution in [0.15, 0.2) is 30.3 Å². The standard InChI is InChI=1S/C11H15PS3/c1-2-5-11(6-3-1)7-4-8-13-12-14-9-10-15-12/h1-3,5-6H,4,7-10H2. The Bertz CT molecular complexity index is 272. The molecular formula is C11H15PS3. The molecular weight excluding hydrogens is 259 g/mol. The first-order valence-electron chi connectivity index (χ1n) is 5.18. The average Bonchev–Trinajstić information content (AvgIpc) is 2.79. The summed E-state index contributed by atoms with van der Waals surface area (Å²) in [4.78, 5) is 0. The Labute approximate surface area is 105 Å². The van der Waals surface area contributed by atoms with Crippen molar-refractivity contribution >= 4 is 39.7 Å². The fraction of sp³-hybridized carbons (Fsp3) is 0.455. The average molecular weight is 274 g/mol. The Hall–Kier alpha value is 0.700. The minimum atomic E-state index is 0.224. The van der Waals surface area contributed by atoms with Gasteiger partial charge in [0, 0.05) is 11.5 Å². The smallest absolute Gasteiger partial charge is 0.0729 e. The summed E-state index contributed by atoms with van der Waals surface area (Å²) in [6.07, 6.45) is 2.57. The summed E-state index contributed by atoms with van der Waals surface area (Å²) in [5.41, 5.74) is 1.71. The highest BCUT2D eigenvalue weighted by Crippen LogP contribution is 2.74. The van der Waals surface area contributed by atoms with Crippen LogP contribution in [-0.2, 0) is 6.42 Å². The summed E-state index contributed by atoms with van der Waals surface area (Å²) < 4.78 is 0. The summed E-state index contributed by atoms with van der Waals surface area (Å²) in [5, 5.41) is 0. The van der Waals surface area contributed by atoms with E-state index in [2.05, 4.69) is 64.5 Å². The van der Waals surface area contributed by atoms with E-state index >= 15 is 0 Å². The van der Waals surface area contributed by atoms with Crippen LogP contribution >= 0.6 is 39.7 Å². The fourth-order valence-electron chi connectivity index (χ4n) is 1.40. The Morgan fingerprint density at radius 1 is 1.13 bits per heavy atom. The highest BCUT2D eigenvalue weighted by Gasteiger charge is 2.15. The first kappa shape index (κ1) is 12.2. The van der Waals surface area contributed by atoms with Gasteiger partial charge in [-0.1, -0.05) is 30.3 Å². The van der Waals surface area contributed by atoms with E-state index in [9.17, 15) is 0 Å². The van der Waals surface area contributed by atoms with Gasteiger partial charge >= 0.3 is 0 Å². The molecule has 0 bridgehead atoms. The molecule has 0 spiro atoms. The van der Waals surface area contributed by atoms with Gasteiger partial charge in [0.05, 0.1) is 5.53 Å². The zero-order valence-corrected chi connectivity index (χ0v) is 11.9. The van der Waals surface area contributed by atoms with Crippen LogP contribution in [0.5, 0.6) is 0 Å². The summed E-state index contributed by atoms with van der Waals surface area (Å²) in [6.45, 7) is 0. The van der Waals surface area contributed by atoms with Crippen molar-refractivity contribution in [2.24, 2.45) is 0 Å². The minimum absolute atomic E-state index is 0.224. The molecule has 2 rings (SSSR count). The molecule has 0 saturated carbocycles. The molecule has 82 valence electrons. The van der Waals surface area contributed by atoms with Crippen LogP contribution in [0.1, 0.15) is 12.0 Å². The molecule has 0 aromatic heterocycles. The number of hydrogen-bond donors (Lipinski definition) is 0. The van der Waals surface area contributed by atoms with Gasteiger partial charge in [0.2, 0.25) is 0 Å². The molecule has 1 fully saturated rings. The lowest BCUT2D eigenvalue weighted by Crippen LogP contribution is -1.85. The Kier molecular flexibility index (Phi) is 5.77. The van der Waals surface area contributed by atoms with Crippen molar-refractivity contribution in [2.75, 3.05) is 17.3 Å². The number of benzene rings is 1. The van der Waals surface area contributed by atoms with Gasteiger partial charge in [0.15, 0.2) is 0 Å². The first-order chi connectivity index (χ1) is 7.45. The molecule has 0 radical (unpaired) electrons. The van der Waals surface area contributed by atoms with E-state index in [0.29, 0.717) is 0 Å². The maximum Gasteiger partial charge on any atom is 0.0729 e. The van der Waals surface area contributed by atoms with Crippen LogP contribution in [0.4, 0.5) is 0 Å². The molecule has 1 aromatic rings. The molecule has 1 aromatic carbocycles. The van der Waals surface area contributed by atoms with Gasteiger partial charge in [-0.25, -0.2) is 0 Å². The van der Waals surface area contributed by atoms with Gasteiger partial charge in [-0.2, -0.15) is 0 Å². The van der Waals surface area contributed by atoms with Crippen LogP contribution in [-0.4, -0.2) is 17.3 Å². The molecule has 0 N–H and O–H groups in total. The largest absolute Gasteiger partial charge is 0.112 e. The molecule has 0 amide bonds. The van der Waals surface area contributed by atoms with Crippen molar-refractivity contribution in [2.45, 2.75) is 12.8 Å². The van der Waals surface area contributed by atoms with Gasteiger partial charge in [0.1, 0.15) is 0 Å². The Balaban J connectivity index is 1.59. The molecule has 1 aliphatic heterocycles. The number of hydrogen-bond acceptors (Lipinski definition) is 3. The molecule has 15 heavy (non-hydrogen) atoms. The molecule has 0 nitrogen and oxygen atoms in total. The van der Waals surface area contributed by atoms with E-state index in [4.69, 9.17) is 0 Å². The maximum atomic E-state index is 2.23.